The maximum Gasteiger partial charge on any atom is 0.338 e. The number of carbonyl (C=O) groups excluding carboxylic acids is 1. The van der Waals surface area contributed by atoms with Crippen LogP contribution in [-0.4, -0.2) is 21.0 Å². The van der Waals surface area contributed by atoms with Gasteiger partial charge in [0.15, 0.2) is 0 Å². The van der Waals surface area contributed by atoms with Crippen LogP contribution in [-0.2, 0) is 13.8 Å². The van der Waals surface area contributed by atoms with Crippen LogP contribution >= 0.6 is 26.6 Å². The molecule has 7 heteroatoms. The summed E-state index contributed by atoms with van der Waals surface area (Å²) in [5.74, 6) is 0.134. The topological polar surface area (TPSA) is 60.4 Å². The second-order valence-corrected chi connectivity index (χ2v) is 8.69. The first kappa shape index (κ1) is 16.8. The van der Waals surface area contributed by atoms with Gasteiger partial charge in [-0.2, -0.15) is 0 Å². The lowest BCUT2D eigenvalue weighted by Gasteiger charge is -2.24. The van der Waals surface area contributed by atoms with E-state index >= 15 is 0 Å². The van der Waals surface area contributed by atoms with E-state index in [0.717, 1.165) is 6.42 Å². The molecule has 0 heterocycles. The third kappa shape index (κ3) is 4.20. The van der Waals surface area contributed by atoms with Crippen molar-refractivity contribution in [2.75, 3.05) is 6.61 Å². The highest BCUT2D eigenvalue weighted by molar-refractivity contribution is 9.10. The molecule has 116 valence electrons. The second kappa shape index (κ2) is 6.67. The molecule has 21 heavy (non-hydrogen) atoms. The van der Waals surface area contributed by atoms with E-state index in [1.54, 1.807) is 13.0 Å². The molecular weight excluding hydrogens is 380 g/mol. The molecule has 0 atom stereocenters. The van der Waals surface area contributed by atoms with Crippen LogP contribution in [0.3, 0.4) is 0 Å². The van der Waals surface area contributed by atoms with E-state index in [0.29, 0.717) is 22.6 Å². The van der Waals surface area contributed by atoms with E-state index in [9.17, 15) is 13.2 Å². The number of rotatable bonds is 5. The standard InChI is InChI=1S/C14H16BrClO4S/c1-9-12(7-11(15)8-13(9)21(16,18)19)14(17)20-6-5-10-3-2-4-10/h7-8,10H,2-6H2,1H3. The molecule has 0 bridgehead atoms. The molecule has 0 radical (unpaired) electrons. The van der Waals surface area contributed by atoms with Gasteiger partial charge in [-0.1, -0.05) is 35.2 Å². The Morgan fingerprint density at radius 1 is 1.43 bits per heavy atom. The smallest absolute Gasteiger partial charge is 0.338 e. The van der Waals surface area contributed by atoms with Crippen molar-refractivity contribution in [3.05, 3.63) is 27.7 Å². The van der Waals surface area contributed by atoms with Gasteiger partial charge in [-0.25, -0.2) is 13.2 Å². The van der Waals surface area contributed by atoms with Gasteiger partial charge in [0.1, 0.15) is 0 Å². The zero-order valence-corrected chi connectivity index (χ0v) is 14.7. The average molecular weight is 396 g/mol. The van der Waals surface area contributed by atoms with Crippen molar-refractivity contribution in [1.82, 2.24) is 0 Å². The molecule has 4 nitrogen and oxygen atoms in total. The van der Waals surface area contributed by atoms with Crippen LogP contribution in [0.15, 0.2) is 21.5 Å². The molecule has 0 unspecified atom stereocenters. The number of hydrogen-bond acceptors (Lipinski definition) is 4. The first-order valence-corrected chi connectivity index (χ1v) is 9.81. The first-order chi connectivity index (χ1) is 9.79. The number of esters is 1. The highest BCUT2D eigenvalue weighted by atomic mass is 79.9. The van der Waals surface area contributed by atoms with Crippen LogP contribution in [0.4, 0.5) is 0 Å². The fraction of sp³-hybridized carbons (Fsp3) is 0.500. The van der Waals surface area contributed by atoms with E-state index < -0.39 is 15.0 Å². The number of hydrogen-bond donors (Lipinski definition) is 0. The summed E-state index contributed by atoms with van der Waals surface area (Å²) in [6.07, 6.45) is 4.50. The molecule has 1 aliphatic rings. The van der Waals surface area contributed by atoms with E-state index in [2.05, 4.69) is 15.9 Å². The van der Waals surface area contributed by atoms with Crippen molar-refractivity contribution in [2.45, 2.75) is 37.5 Å². The molecule has 0 aliphatic heterocycles. The van der Waals surface area contributed by atoms with Crippen LogP contribution in [0.25, 0.3) is 0 Å². The van der Waals surface area contributed by atoms with Crippen LogP contribution in [0.5, 0.6) is 0 Å². The molecule has 1 saturated carbocycles. The summed E-state index contributed by atoms with van der Waals surface area (Å²) in [6.45, 7) is 1.91. The van der Waals surface area contributed by atoms with Gasteiger partial charge in [0, 0.05) is 15.2 Å². The Morgan fingerprint density at radius 3 is 2.62 bits per heavy atom. The summed E-state index contributed by atoms with van der Waals surface area (Å²) < 4.78 is 28.8. The van der Waals surface area contributed by atoms with Crippen LogP contribution < -0.4 is 0 Å². The van der Waals surface area contributed by atoms with Gasteiger partial charge < -0.3 is 4.74 Å². The van der Waals surface area contributed by atoms with Gasteiger partial charge in [-0.15, -0.1) is 0 Å². The predicted molar refractivity (Wildman–Crippen MR) is 84.2 cm³/mol. The molecule has 0 aromatic heterocycles. The Labute approximate surface area is 137 Å². The van der Waals surface area contributed by atoms with E-state index in [4.69, 9.17) is 15.4 Å². The molecule has 0 amide bonds. The maximum absolute atomic E-state index is 12.1. The number of benzene rings is 1. The van der Waals surface area contributed by atoms with Crippen molar-refractivity contribution in [3.63, 3.8) is 0 Å². The summed E-state index contributed by atoms with van der Waals surface area (Å²) in [5.41, 5.74) is 0.527. The molecule has 1 fully saturated rings. The van der Waals surface area contributed by atoms with Gasteiger partial charge in [-0.3, -0.25) is 0 Å². The highest BCUT2D eigenvalue weighted by Crippen LogP contribution is 2.30. The molecule has 0 N–H and O–H groups in total. The lowest BCUT2D eigenvalue weighted by Crippen LogP contribution is -2.16. The first-order valence-electron chi connectivity index (χ1n) is 6.71. The predicted octanol–water partition coefficient (Wildman–Crippen LogP) is 4.03. The van der Waals surface area contributed by atoms with Crippen molar-refractivity contribution < 1.29 is 17.9 Å². The summed E-state index contributed by atoms with van der Waals surface area (Å²) >= 11 is 3.19. The minimum absolute atomic E-state index is 0.0792. The maximum atomic E-state index is 12.1. The number of ether oxygens (including phenoxy) is 1. The Bertz CT molecular complexity index is 653. The molecule has 1 aromatic rings. The van der Waals surface area contributed by atoms with Crippen LogP contribution in [0.1, 0.15) is 41.6 Å². The fourth-order valence-corrected chi connectivity index (χ4v) is 4.13. The molecule has 1 aliphatic carbocycles. The summed E-state index contributed by atoms with van der Waals surface area (Å²) in [4.78, 5) is 12.0. The third-order valence-electron chi connectivity index (χ3n) is 3.79. The SMILES string of the molecule is Cc1c(C(=O)OCCC2CCC2)cc(Br)cc1S(=O)(=O)Cl. The molecular formula is C14H16BrClO4S. The zero-order chi connectivity index (χ0) is 15.6. The Morgan fingerprint density at radius 2 is 2.10 bits per heavy atom. The third-order valence-corrected chi connectivity index (χ3v) is 5.70. The van der Waals surface area contributed by atoms with Crippen LogP contribution in [0, 0.1) is 12.8 Å². The van der Waals surface area contributed by atoms with Gasteiger partial charge >= 0.3 is 5.97 Å². The Balaban J connectivity index is 2.14. The van der Waals surface area contributed by atoms with Crippen LogP contribution in [0.2, 0.25) is 0 Å². The normalized spacial score (nSPS) is 15.6. The number of carbonyl (C=O) groups is 1. The van der Waals surface area contributed by atoms with Gasteiger partial charge in [-0.05, 0) is 37.0 Å². The van der Waals surface area contributed by atoms with Gasteiger partial charge in [0.2, 0.25) is 0 Å². The van der Waals surface area contributed by atoms with E-state index in [-0.39, 0.29) is 10.5 Å². The lowest BCUT2D eigenvalue weighted by molar-refractivity contribution is 0.0463. The molecule has 0 saturated heterocycles. The summed E-state index contributed by atoms with van der Waals surface area (Å²) in [6, 6.07) is 2.93. The largest absolute Gasteiger partial charge is 0.462 e. The highest BCUT2D eigenvalue weighted by Gasteiger charge is 2.22. The van der Waals surface area contributed by atoms with E-state index in [1.807, 2.05) is 0 Å². The molecule has 2 rings (SSSR count). The minimum Gasteiger partial charge on any atom is -0.462 e. The second-order valence-electron chi connectivity index (χ2n) is 5.24. The zero-order valence-electron chi connectivity index (χ0n) is 11.6. The Hall–Kier alpha value is -0.590. The summed E-state index contributed by atoms with van der Waals surface area (Å²) in [5, 5.41) is 0. The number of halogens is 2. The van der Waals surface area contributed by atoms with Gasteiger partial charge in [0.05, 0.1) is 17.1 Å². The molecule has 0 spiro atoms. The van der Waals surface area contributed by atoms with Crippen molar-refractivity contribution >= 4 is 41.6 Å². The summed E-state index contributed by atoms with van der Waals surface area (Å²) in [7, 11) is 1.48. The quantitative estimate of drug-likeness (QED) is 0.558. The fourth-order valence-electron chi connectivity index (χ4n) is 2.30. The molecule has 1 aromatic carbocycles. The Kier molecular flexibility index (Phi) is 5.33. The lowest BCUT2D eigenvalue weighted by atomic mass is 9.83. The van der Waals surface area contributed by atoms with Crippen molar-refractivity contribution in [1.29, 1.82) is 0 Å². The monoisotopic (exact) mass is 394 g/mol. The van der Waals surface area contributed by atoms with Crippen molar-refractivity contribution in [3.8, 4) is 0 Å². The van der Waals surface area contributed by atoms with Gasteiger partial charge in [0.25, 0.3) is 9.05 Å². The van der Waals surface area contributed by atoms with Crippen molar-refractivity contribution in [2.24, 2.45) is 5.92 Å². The minimum atomic E-state index is -3.91. The average Bonchev–Trinajstić information content (AvgIpc) is 2.33. The van der Waals surface area contributed by atoms with E-state index in [1.165, 1.54) is 25.3 Å².